The normalized spacial score (nSPS) is 17.8. The summed E-state index contributed by atoms with van der Waals surface area (Å²) >= 11 is 0. The van der Waals surface area contributed by atoms with Gasteiger partial charge in [0.05, 0.1) is 11.3 Å². The maximum atomic E-state index is 11.1. The third kappa shape index (κ3) is 2.24. The third-order valence-electron chi connectivity index (χ3n) is 3.73. The minimum atomic E-state index is -0.876. The van der Waals surface area contributed by atoms with E-state index in [1.165, 1.54) is 5.56 Å². The van der Waals surface area contributed by atoms with E-state index < -0.39 is 5.97 Å². The standard InChI is InChI=1S/C16H15NO2/c18-16(19)13-6-1-5-12(10-13)14-8-2-4-11-7-3-9-17-15(11)14/h1,3,5-7,9-10,14H,2,4,8H2,(H,18,19). The number of pyridine rings is 1. The molecule has 1 heterocycles. The van der Waals surface area contributed by atoms with E-state index in [1.54, 1.807) is 12.1 Å². The molecule has 0 amide bonds. The second-order valence-electron chi connectivity index (χ2n) is 4.92. The molecule has 0 radical (unpaired) electrons. The SMILES string of the molecule is O=C(O)c1cccc(C2CCCc3cccnc32)c1. The highest BCUT2D eigenvalue weighted by Gasteiger charge is 2.23. The molecule has 1 unspecified atom stereocenters. The van der Waals surface area contributed by atoms with Gasteiger partial charge in [-0.1, -0.05) is 18.2 Å². The van der Waals surface area contributed by atoms with Crippen molar-refractivity contribution < 1.29 is 9.90 Å². The highest BCUT2D eigenvalue weighted by Crippen LogP contribution is 2.35. The molecule has 1 N–H and O–H groups in total. The minimum Gasteiger partial charge on any atom is -0.478 e. The summed E-state index contributed by atoms with van der Waals surface area (Å²) in [4.78, 5) is 15.6. The summed E-state index contributed by atoms with van der Waals surface area (Å²) in [6.07, 6.45) is 5.05. The molecule has 1 aromatic carbocycles. The van der Waals surface area contributed by atoms with Crippen LogP contribution in [-0.2, 0) is 6.42 Å². The number of hydrogen-bond acceptors (Lipinski definition) is 2. The fraction of sp³-hybridized carbons (Fsp3) is 0.250. The summed E-state index contributed by atoms with van der Waals surface area (Å²) in [6, 6.07) is 11.3. The van der Waals surface area contributed by atoms with Crippen LogP contribution >= 0.6 is 0 Å². The van der Waals surface area contributed by atoms with Crippen LogP contribution in [0.3, 0.4) is 0 Å². The van der Waals surface area contributed by atoms with Crippen LogP contribution in [0, 0.1) is 0 Å². The Kier molecular flexibility index (Phi) is 3.03. The Morgan fingerprint density at radius 2 is 2.16 bits per heavy atom. The minimum absolute atomic E-state index is 0.226. The zero-order valence-corrected chi connectivity index (χ0v) is 10.5. The average Bonchev–Trinajstić information content (AvgIpc) is 2.47. The van der Waals surface area contributed by atoms with Crippen LogP contribution in [0.25, 0.3) is 0 Å². The first-order chi connectivity index (χ1) is 9.25. The number of rotatable bonds is 2. The van der Waals surface area contributed by atoms with Crippen molar-refractivity contribution in [2.24, 2.45) is 0 Å². The second-order valence-corrected chi connectivity index (χ2v) is 4.92. The molecular weight excluding hydrogens is 238 g/mol. The Bertz CT molecular complexity index is 622. The number of hydrogen-bond donors (Lipinski definition) is 1. The lowest BCUT2D eigenvalue weighted by molar-refractivity contribution is 0.0696. The quantitative estimate of drug-likeness (QED) is 0.893. The molecule has 96 valence electrons. The highest BCUT2D eigenvalue weighted by molar-refractivity contribution is 5.87. The molecule has 2 aromatic rings. The number of aromatic carboxylic acids is 1. The van der Waals surface area contributed by atoms with Crippen molar-refractivity contribution in [3.63, 3.8) is 0 Å². The van der Waals surface area contributed by atoms with Crippen LogP contribution in [0.5, 0.6) is 0 Å². The van der Waals surface area contributed by atoms with Gasteiger partial charge in [0, 0.05) is 12.1 Å². The summed E-state index contributed by atoms with van der Waals surface area (Å²) in [5.74, 6) is -0.650. The number of benzene rings is 1. The van der Waals surface area contributed by atoms with Gasteiger partial charge in [0.2, 0.25) is 0 Å². The molecular formula is C16H15NO2. The monoisotopic (exact) mass is 253 g/mol. The van der Waals surface area contributed by atoms with Crippen molar-refractivity contribution in [1.29, 1.82) is 0 Å². The zero-order chi connectivity index (χ0) is 13.2. The van der Waals surface area contributed by atoms with Gasteiger partial charge in [-0.15, -0.1) is 0 Å². The van der Waals surface area contributed by atoms with Crippen LogP contribution in [0.1, 0.15) is 45.9 Å². The van der Waals surface area contributed by atoms with Gasteiger partial charge in [0.15, 0.2) is 0 Å². The molecule has 1 atom stereocenters. The van der Waals surface area contributed by atoms with Crippen molar-refractivity contribution in [1.82, 2.24) is 4.98 Å². The van der Waals surface area contributed by atoms with Gasteiger partial charge in [-0.05, 0) is 48.6 Å². The van der Waals surface area contributed by atoms with Gasteiger partial charge in [-0.2, -0.15) is 0 Å². The number of carboxylic acid groups (broad SMARTS) is 1. The molecule has 0 saturated heterocycles. The van der Waals surface area contributed by atoms with Gasteiger partial charge in [-0.25, -0.2) is 4.79 Å². The Hall–Kier alpha value is -2.16. The fourth-order valence-electron chi connectivity index (χ4n) is 2.82. The first-order valence-electron chi connectivity index (χ1n) is 6.53. The van der Waals surface area contributed by atoms with Crippen molar-refractivity contribution in [3.8, 4) is 0 Å². The molecule has 0 aliphatic heterocycles. The maximum absolute atomic E-state index is 11.1. The molecule has 1 aliphatic carbocycles. The molecule has 0 saturated carbocycles. The lowest BCUT2D eigenvalue weighted by Crippen LogP contribution is -2.13. The van der Waals surface area contributed by atoms with Crippen LogP contribution in [-0.4, -0.2) is 16.1 Å². The van der Waals surface area contributed by atoms with Crippen LogP contribution in [0.2, 0.25) is 0 Å². The van der Waals surface area contributed by atoms with E-state index in [0.29, 0.717) is 5.56 Å². The van der Waals surface area contributed by atoms with Crippen LogP contribution < -0.4 is 0 Å². The number of nitrogens with zero attached hydrogens (tertiary/aromatic N) is 1. The average molecular weight is 253 g/mol. The molecule has 3 heteroatoms. The van der Waals surface area contributed by atoms with Gasteiger partial charge >= 0.3 is 5.97 Å². The Labute approximate surface area is 111 Å². The Morgan fingerprint density at radius 3 is 3.00 bits per heavy atom. The van der Waals surface area contributed by atoms with E-state index in [9.17, 15) is 4.79 Å². The van der Waals surface area contributed by atoms with Crippen LogP contribution in [0.4, 0.5) is 0 Å². The Morgan fingerprint density at radius 1 is 1.26 bits per heavy atom. The van der Waals surface area contributed by atoms with E-state index in [4.69, 9.17) is 5.11 Å². The third-order valence-corrected chi connectivity index (χ3v) is 3.73. The van der Waals surface area contributed by atoms with E-state index in [-0.39, 0.29) is 5.92 Å². The smallest absolute Gasteiger partial charge is 0.335 e. The van der Waals surface area contributed by atoms with E-state index in [1.807, 2.05) is 24.4 Å². The second kappa shape index (κ2) is 4.84. The van der Waals surface area contributed by atoms with Gasteiger partial charge in [0.1, 0.15) is 0 Å². The topological polar surface area (TPSA) is 50.2 Å². The molecule has 19 heavy (non-hydrogen) atoms. The Balaban J connectivity index is 2.04. The lowest BCUT2D eigenvalue weighted by atomic mass is 9.82. The van der Waals surface area contributed by atoms with E-state index >= 15 is 0 Å². The van der Waals surface area contributed by atoms with Crippen molar-refractivity contribution in [2.45, 2.75) is 25.2 Å². The van der Waals surface area contributed by atoms with Gasteiger partial charge in [0.25, 0.3) is 0 Å². The molecule has 1 aliphatic rings. The number of carboxylic acids is 1. The summed E-state index contributed by atoms with van der Waals surface area (Å²) in [7, 11) is 0. The highest BCUT2D eigenvalue weighted by atomic mass is 16.4. The number of aromatic nitrogens is 1. The summed E-state index contributed by atoms with van der Waals surface area (Å²) in [5, 5.41) is 9.09. The van der Waals surface area contributed by atoms with Crippen LogP contribution in [0.15, 0.2) is 42.6 Å². The largest absolute Gasteiger partial charge is 0.478 e. The van der Waals surface area contributed by atoms with E-state index in [2.05, 4.69) is 11.1 Å². The lowest BCUT2D eigenvalue weighted by Gasteiger charge is -2.24. The molecule has 3 nitrogen and oxygen atoms in total. The van der Waals surface area contributed by atoms with Gasteiger partial charge in [-0.3, -0.25) is 4.98 Å². The molecule has 0 fully saturated rings. The number of aryl methyl sites for hydroxylation is 1. The fourth-order valence-corrected chi connectivity index (χ4v) is 2.82. The zero-order valence-electron chi connectivity index (χ0n) is 10.5. The molecule has 1 aromatic heterocycles. The van der Waals surface area contributed by atoms with Gasteiger partial charge < -0.3 is 5.11 Å². The maximum Gasteiger partial charge on any atom is 0.335 e. The summed E-state index contributed by atoms with van der Waals surface area (Å²) < 4.78 is 0. The van der Waals surface area contributed by atoms with E-state index in [0.717, 1.165) is 30.5 Å². The number of carbonyl (C=O) groups is 1. The molecule has 0 spiro atoms. The van der Waals surface area contributed by atoms with Crippen molar-refractivity contribution in [3.05, 3.63) is 65.0 Å². The molecule has 3 rings (SSSR count). The van der Waals surface area contributed by atoms with Crippen molar-refractivity contribution >= 4 is 5.97 Å². The predicted molar refractivity (Wildman–Crippen MR) is 72.4 cm³/mol. The summed E-state index contributed by atoms with van der Waals surface area (Å²) in [5.41, 5.74) is 3.80. The van der Waals surface area contributed by atoms with Crippen molar-refractivity contribution in [2.75, 3.05) is 0 Å². The summed E-state index contributed by atoms with van der Waals surface area (Å²) in [6.45, 7) is 0. The number of fused-ring (bicyclic) bond motifs is 1. The first-order valence-corrected chi connectivity index (χ1v) is 6.53. The predicted octanol–water partition coefficient (Wildman–Crippen LogP) is 3.25. The molecule has 0 bridgehead atoms. The first kappa shape index (κ1) is 11.9.